The van der Waals surface area contributed by atoms with Gasteiger partial charge >= 0.3 is 0 Å². The number of ether oxygens (including phenoxy) is 1. The molecule has 2 unspecified atom stereocenters. The van der Waals surface area contributed by atoms with Gasteiger partial charge in [0.05, 0.1) is 24.5 Å². The predicted molar refractivity (Wildman–Crippen MR) is 73.8 cm³/mol. The van der Waals surface area contributed by atoms with Gasteiger partial charge < -0.3 is 10.1 Å². The van der Waals surface area contributed by atoms with Gasteiger partial charge in [-0.05, 0) is 26.2 Å². The van der Waals surface area contributed by atoms with E-state index in [2.05, 4.69) is 30.5 Å². The van der Waals surface area contributed by atoms with E-state index >= 15 is 0 Å². The van der Waals surface area contributed by atoms with Crippen LogP contribution in [-0.4, -0.2) is 28.5 Å². The molecule has 0 radical (unpaired) electrons. The maximum absolute atomic E-state index is 5.62. The second-order valence-electron chi connectivity index (χ2n) is 5.27. The van der Waals surface area contributed by atoms with Crippen molar-refractivity contribution in [1.29, 1.82) is 0 Å². The van der Waals surface area contributed by atoms with Gasteiger partial charge in [-0.3, -0.25) is 4.68 Å². The molecule has 102 valence electrons. The van der Waals surface area contributed by atoms with E-state index in [0.29, 0.717) is 12.1 Å². The first-order valence-electron chi connectivity index (χ1n) is 7.18. The van der Waals surface area contributed by atoms with Crippen molar-refractivity contribution in [1.82, 2.24) is 9.78 Å². The van der Waals surface area contributed by atoms with E-state index in [4.69, 9.17) is 4.74 Å². The molecule has 18 heavy (non-hydrogen) atoms. The van der Waals surface area contributed by atoms with Crippen LogP contribution in [0.4, 0.5) is 5.69 Å². The number of rotatable bonds is 7. The van der Waals surface area contributed by atoms with Crippen molar-refractivity contribution in [2.45, 2.75) is 64.6 Å². The normalized spacial score (nSPS) is 21.1. The maximum Gasteiger partial charge on any atom is 0.0771 e. The fraction of sp³-hybridized carbons (Fsp3) is 0.786. The summed E-state index contributed by atoms with van der Waals surface area (Å²) in [6.45, 7) is 6.25. The fourth-order valence-corrected chi connectivity index (χ4v) is 2.40. The van der Waals surface area contributed by atoms with Crippen LogP contribution in [0.2, 0.25) is 0 Å². The van der Waals surface area contributed by atoms with E-state index in [0.717, 1.165) is 25.3 Å². The Morgan fingerprint density at radius 1 is 1.61 bits per heavy atom. The zero-order chi connectivity index (χ0) is 12.8. The molecule has 0 saturated carbocycles. The largest absolute Gasteiger partial charge is 0.380 e. The predicted octanol–water partition coefficient (Wildman–Crippen LogP) is 3.05. The molecule has 0 spiro atoms. The Labute approximate surface area is 110 Å². The molecular weight excluding hydrogens is 226 g/mol. The van der Waals surface area contributed by atoms with Gasteiger partial charge in [0.25, 0.3) is 0 Å². The van der Waals surface area contributed by atoms with Gasteiger partial charge in [-0.2, -0.15) is 5.10 Å². The molecule has 1 aliphatic rings. The third kappa shape index (κ3) is 4.02. The molecule has 0 aliphatic carbocycles. The number of anilines is 1. The van der Waals surface area contributed by atoms with E-state index in [9.17, 15) is 0 Å². The van der Waals surface area contributed by atoms with Crippen molar-refractivity contribution < 1.29 is 4.74 Å². The summed E-state index contributed by atoms with van der Waals surface area (Å²) in [5.74, 6) is 0. The first-order chi connectivity index (χ1) is 8.78. The molecule has 2 rings (SSSR count). The second-order valence-corrected chi connectivity index (χ2v) is 5.27. The van der Waals surface area contributed by atoms with Crippen LogP contribution in [-0.2, 0) is 11.3 Å². The molecule has 1 saturated heterocycles. The number of hydrogen-bond acceptors (Lipinski definition) is 3. The van der Waals surface area contributed by atoms with Gasteiger partial charge in [0, 0.05) is 18.8 Å². The molecule has 1 aromatic heterocycles. The van der Waals surface area contributed by atoms with Crippen molar-refractivity contribution in [2.24, 2.45) is 0 Å². The molecule has 1 aliphatic heterocycles. The first-order valence-corrected chi connectivity index (χ1v) is 7.18. The van der Waals surface area contributed by atoms with Gasteiger partial charge in [0.1, 0.15) is 0 Å². The van der Waals surface area contributed by atoms with Crippen molar-refractivity contribution in [3.8, 4) is 0 Å². The molecule has 1 N–H and O–H groups in total. The Balaban J connectivity index is 1.78. The van der Waals surface area contributed by atoms with Gasteiger partial charge in [-0.15, -0.1) is 0 Å². The van der Waals surface area contributed by atoms with Gasteiger partial charge in [-0.25, -0.2) is 0 Å². The van der Waals surface area contributed by atoms with Crippen LogP contribution in [0.1, 0.15) is 46.0 Å². The highest BCUT2D eigenvalue weighted by molar-refractivity contribution is 5.39. The number of nitrogens with zero attached hydrogens (tertiary/aromatic N) is 2. The van der Waals surface area contributed by atoms with Crippen LogP contribution in [0, 0.1) is 0 Å². The van der Waals surface area contributed by atoms with Crippen LogP contribution in [0.3, 0.4) is 0 Å². The van der Waals surface area contributed by atoms with Crippen molar-refractivity contribution >= 4 is 5.69 Å². The van der Waals surface area contributed by atoms with Crippen molar-refractivity contribution in [3.05, 3.63) is 12.4 Å². The second kappa shape index (κ2) is 6.78. The summed E-state index contributed by atoms with van der Waals surface area (Å²) in [7, 11) is 0. The number of unbranched alkanes of at least 4 members (excludes halogenated alkanes) is 1. The molecule has 0 aromatic carbocycles. The Morgan fingerprint density at radius 3 is 3.22 bits per heavy atom. The van der Waals surface area contributed by atoms with Gasteiger partial charge in [0.15, 0.2) is 0 Å². The van der Waals surface area contributed by atoms with Gasteiger partial charge in [-0.1, -0.05) is 19.8 Å². The Kier molecular flexibility index (Phi) is 5.05. The molecule has 0 amide bonds. The summed E-state index contributed by atoms with van der Waals surface area (Å²) in [5, 5.41) is 7.89. The van der Waals surface area contributed by atoms with Crippen LogP contribution >= 0.6 is 0 Å². The van der Waals surface area contributed by atoms with Crippen LogP contribution in [0.5, 0.6) is 0 Å². The Morgan fingerprint density at radius 2 is 2.50 bits per heavy atom. The first kappa shape index (κ1) is 13.4. The highest BCUT2D eigenvalue weighted by Crippen LogP contribution is 2.15. The summed E-state index contributed by atoms with van der Waals surface area (Å²) >= 11 is 0. The standard InChI is InChI=1S/C14H25N3O/c1-3-4-6-12(2)16-13-9-15-17(10-13)11-14-7-5-8-18-14/h9-10,12,14,16H,3-8,11H2,1-2H3. The SMILES string of the molecule is CCCCC(C)Nc1cnn(CC2CCCO2)c1. The monoisotopic (exact) mass is 251 g/mol. The summed E-state index contributed by atoms with van der Waals surface area (Å²) in [5.41, 5.74) is 1.12. The van der Waals surface area contributed by atoms with Crippen LogP contribution in [0.15, 0.2) is 12.4 Å². The maximum atomic E-state index is 5.62. The highest BCUT2D eigenvalue weighted by Gasteiger charge is 2.16. The summed E-state index contributed by atoms with van der Waals surface area (Å²) in [4.78, 5) is 0. The molecular formula is C14H25N3O. The van der Waals surface area contributed by atoms with Gasteiger partial charge in [0.2, 0.25) is 0 Å². The van der Waals surface area contributed by atoms with Crippen molar-refractivity contribution in [3.63, 3.8) is 0 Å². The van der Waals surface area contributed by atoms with E-state index in [1.807, 2.05) is 10.9 Å². The quantitative estimate of drug-likeness (QED) is 0.809. The van der Waals surface area contributed by atoms with Crippen LogP contribution < -0.4 is 5.32 Å². The zero-order valence-electron chi connectivity index (χ0n) is 11.6. The topological polar surface area (TPSA) is 39.1 Å². The molecule has 2 heterocycles. The summed E-state index contributed by atoms with van der Waals surface area (Å²) < 4.78 is 7.61. The smallest absolute Gasteiger partial charge is 0.0771 e. The van der Waals surface area contributed by atoms with E-state index in [1.54, 1.807) is 0 Å². The lowest BCUT2D eigenvalue weighted by Crippen LogP contribution is -2.16. The Bertz CT molecular complexity index is 345. The van der Waals surface area contributed by atoms with Crippen LogP contribution in [0.25, 0.3) is 0 Å². The lowest BCUT2D eigenvalue weighted by molar-refractivity contribution is 0.0940. The Hall–Kier alpha value is -1.03. The number of aromatic nitrogens is 2. The lowest BCUT2D eigenvalue weighted by atomic mass is 10.1. The third-order valence-corrected chi connectivity index (χ3v) is 3.45. The summed E-state index contributed by atoms with van der Waals surface area (Å²) in [6.07, 6.45) is 10.5. The number of nitrogens with one attached hydrogen (secondary N) is 1. The molecule has 0 bridgehead atoms. The average molecular weight is 251 g/mol. The van der Waals surface area contributed by atoms with E-state index < -0.39 is 0 Å². The minimum atomic E-state index is 0.357. The molecule has 4 nitrogen and oxygen atoms in total. The molecule has 1 fully saturated rings. The highest BCUT2D eigenvalue weighted by atomic mass is 16.5. The van der Waals surface area contributed by atoms with E-state index in [-0.39, 0.29) is 0 Å². The lowest BCUT2D eigenvalue weighted by Gasteiger charge is -2.12. The minimum Gasteiger partial charge on any atom is -0.380 e. The molecule has 4 heteroatoms. The van der Waals surface area contributed by atoms with Crippen molar-refractivity contribution in [2.75, 3.05) is 11.9 Å². The summed E-state index contributed by atoms with van der Waals surface area (Å²) in [6, 6.07) is 0.519. The van der Waals surface area contributed by atoms with E-state index in [1.165, 1.54) is 25.7 Å². The third-order valence-electron chi connectivity index (χ3n) is 3.45. The molecule has 1 aromatic rings. The average Bonchev–Trinajstić information content (AvgIpc) is 2.99. The molecule has 2 atom stereocenters. The zero-order valence-corrected chi connectivity index (χ0v) is 11.6. The fourth-order valence-electron chi connectivity index (χ4n) is 2.40. The minimum absolute atomic E-state index is 0.357. The number of hydrogen-bond donors (Lipinski definition) is 1.